The summed E-state index contributed by atoms with van der Waals surface area (Å²) in [4.78, 5) is 50.3. The van der Waals surface area contributed by atoms with Crippen LogP contribution in [0.1, 0.15) is 119 Å². The minimum atomic E-state index is -1.01. The summed E-state index contributed by atoms with van der Waals surface area (Å²) in [6.45, 7) is 15.5. The summed E-state index contributed by atoms with van der Waals surface area (Å²) in [7, 11) is 0. The highest BCUT2D eigenvalue weighted by atomic mass is 16.5. The van der Waals surface area contributed by atoms with E-state index in [4.69, 9.17) is 9.84 Å². The Hall–Kier alpha value is -2.18. The van der Waals surface area contributed by atoms with E-state index in [0.717, 1.165) is 38.5 Å². The molecule has 7 nitrogen and oxygen atoms in total. The van der Waals surface area contributed by atoms with Crippen molar-refractivity contribution < 1.29 is 34.1 Å². The Kier molecular flexibility index (Phi) is 6.95. The lowest BCUT2D eigenvalue weighted by atomic mass is 9.33. The van der Waals surface area contributed by atoms with Crippen molar-refractivity contribution in [2.24, 2.45) is 50.2 Å². The molecule has 5 aliphatic rings. The summed E-state index contributed by atoms with van der Waals surface area (Å²) < 4.78 is 5.91. The fourth-order valence-electron chi connectivity index (χ4n) is 11.0. The van der Waals surface area contributed by atoms with Gasteiger partial charge in [0.15, 0.2) is 5.78 Å². The number of carboxylic acids is 2. The first-order valence-electron chi connectivity index (χ1n) is 15.7. The van der Waals surface area contributed by atoms with Gasteiger partial charge in [-0.1, -0.05) is 47.1 Å². The van der Waals surface area contributed by atoms with E-state index in [2.05, 4.69) is 41.5 Å². The Morgan fingerprint density at radius 1 is 0.878 bits per heavy atom. The molecule has 0 heterocycles. The molecular weight excluding hydrogens is 520 g/mol. The number of aliphatic carboxylic acids is 2. The Labute approximate surface area is 244 Å². The summed E-state index contributed by atoms with van der Waals surface area (Å²) in [6, 6.07) is 0. The zero-order valence-corrected chi connectivity index (χ0v) is 26.1. The molecule has 4 fully saturated rings. The van der Waals surface area contributed by atoms with E-state index in [1.807, 2.05) is 13.0 Å². The number of hydrogen-bond donors (Lipinski definition) is 2. The van der Waals surface area contributed by atoms with Gasteiger partial charge >= 0.3 is 17.9 Å². The highest BCUT2D eigenvalue weighted by molar-refractivity contribution is 5.95. The van der Waals surface area contributed by atoms with E-state index in [-0.39, 0.29) is 69.6 Å². The molecule has 6 unspecified atom stereocenters. The zero-order valence-electron chi connectivity index (χ0n) is 26.1. The van der Waals surface area contributed by atoms with Crippen molar-refractivity contribution in [3.05, 3.63) is 11.6 Å². The molecule has 5 rings (SSSR count). The van der Waals surface area contributed by atoms with Crippen molar-refractivity contribution >= 4 is 23.7 Å². The fourth-order valence-corrected chi connectivity index (χ4v) is 11.0. The molecule has 7 heteroatoms. The predicted molar refractivity (Wildman–Crippen MR) is 154 cm³/mol. The molecule has 5 aliphatic carbocycles. The smallest absolute Gasteiger partial charge is 0.309 e. The number of carbonyl (C=O) groups excluding carboxylic acids is 2. The van der Waals surface area contributed by atoms with Crippen LogP contribution in [0.5, 0.6) is 0 Å². The Bertz CT molecular complexity index is 1200. The molecule has 2 N–H and O–H groups in total. The minimum Gasteiger partial charge on any atom is -0.481 e. The average Bonchev–Trinajstić information content (AvgIpc) is 2.86. The van der Waals surface area contributed by atoms with Crippen LogP contribution in [0.15, 0.2) is 11.6 Å². The molecule has 0 saturated heterocycles. The second-order valence-corrected chi connectivity index (χ2v) is 16.3. The Morgan fingerprint density at radius 3 is 2.17 bits per heavy atom. The fraction of sp³-hybridized carbons (Fsp3) is 0.824. The molecular formula is C34H50O7. The number of ketones is 1. The number of ether oxygens (including phenoxy) is 1. The van der Waals surface area contributed by atoms with E-state index in [1.165, 1.54) is 5.57 Å². The average molecular weight is 571 g/mol. The molecule has 9 atom stereocenters. The van der Waals surface area contributed by atoms with Crippen molar-refractivity contribution in [1.29, 1.82) is 0 Å². The van der Waals surface area contributed by atoms with Gasteiger partial charge in [-0.2, -0.15) is 0 Å². The first kappa shape index (κ1) is 30.3. The first-order valence-corrected chi connectivity index (χ1v) is 15.7. The van der Waals surface area contributed by atoms with Gasteiger partial charge in [-0.3, -0.25) is 19.2 Å². The molecule has 0 radical (unpaired) electrons. The molecule has 0 bridgehead atoms. The van der Waals surface area contributed by atoms with Crippen LogP contribution < -0.4 is 0 Å². The number of carbonyl (C=O) groups is 4. The maximum atomic E-state index is 14.5. The van der Waals surface area contributed by atoms with E-state index >= 15 is 0 Å². The van der Waals surface area contributed by atoms with Gasteiger partial charge in [0.2, 0.25) is 0 Å². The standard InChI is InChI=1S/C34H50O7/c1-29(2)23-10-13-34(7)27(32(23,5)12-11-24(29)41-26(38)9-8-25(36)37)22(35)18-20-21-19-31(4,28(39)40)15-14-30(21,3)16-17-33(20,34)6/h18,21,23-24,27H,8-17,19H2,1-7H3,(H,36,37)(H,39,40)/t21?,23?,24-,27?,30?,31-,32?,33+,34?/m0/s1. The van der Waals surface area contributed by atoms with E-state index in [9.17, 15) is 24.3 Å². The van der Waals surface area contributed by atoms with Gasteiger partial charge in [0.25, 0.3) is 0 Å². The summed E-state index contributed by atoms with van der Waals surface area (Å²) in [5.41, 5.74) is -0.553. The van der Waals surface area contributed by atoms with Crippen LogP contribution in [0, 0.1) is 50.2 Å². The topological polar surface area (TPSA) is 118 Å². The monoisotopic (exact) mass is 570 g/mol. The van der Waals surface area contributed by atoms with Gasteiger partial charge in [-0.15, -0.1) is 0 Å². The molecule has 41 heavy (non-hydrogen) atoms. The van der Waals surface area contributed by atoms with Crippen molar-refractivity contribution in [3.8, 4) is 0 Å². The lowest BCUT2D eigenvalue weighted by Gasteiger charge is -2.70. The molecule has 4 saturated carbocycles. The van der Waals surface area contributed by atoms with Gasteiger partial charge in [-0.25, -0.2) is 0 Å². The molecule has 0 aliphatic heterocycles. The third-order valence-corrected chi connectivity index (χ3v) is 13.8. The first-order chi connectivity index (χ1) is 18.8. The molecule has 228 valence electrons. The highest BCUT2D eigenvalue weighted by Crippen LogP contribution is 2.75. The number of esters is 1. The lowest BCUT2D eigenvalue weighted by molar-refractivity contribution is -0.211. The van der Waals surface area contributed by atoms with Crippen molar-refractivity contribution in [2.45, 2.75) is 125 Å². The number of rotatable bonds is 5. The summed E-state index contributed by atoms with van der Waals surface area (Å²) in [5, 5.41) is 19.1. The number of allylic oxidation sites excluding steroid dienone is 2. The zero-order chi connectivity index (χ0) is 30.4. The molecule has 0 aromatic carbocycles. The van der Waals surface area contributed by atoms with Crippen LogP contribution in [-0.4, -0.2) is 40.0 Å². The van der Waals surface area contributed by atoms with Crippen LogP contribution in [0.4, 0.5) is 0 Å². The van der Waals surface area contributed by atoms with Gasteiger partial charge in [0, 0.05) is 11.3 Å². The van der Waals surface area contributed by atoms with Gasteiger partial charge in [0.1, 0.15) is 6.10 Å². The van der Waals surface area contributed by atoms with Crippen LogP contribution in [0.2, 0.25) is 0 Å². The molecule has 0 aromatic rings. The highest BCUT2D eigenvalue weighted by Gasteiger charge is 2.70. The Balaban J connectivity index is 1.49. The largest absolute Gasteiger partial charge is 0.481 e. The van der Waals surface area contributed by atoms with Crippen molar-refractivity contribution in [1.82, 2.24) is 0 Å². The summed E-state index contributed by atoms with van der Waals surface area (Å²) in [5.74, 6) is -1.87. The molecule has 0 aromatic heterocycles. The van der Waals surface area contributed by atoms with E-state index in [0.29, 0.717) is 19.3 Å². The number of fused-ring (bicyclic) bond motifs is 7. The Morgan fingerprint density at radius 2 is 1.54 bits per heavy atom. The summed E-state index contributed by atoms with van der Waals surface area (Å²) in [6.07, 6.45) is 8.80. The van der Waals surface area contributed by atoms with Crippen LogP contribution in [0.3, 0.4) is 0 Å². The second-order valence-electron chi connectivity index (χ2n) is 16.3. The quantitative estimate of drug-likeness (QED) is 0.348. The number of carboxylic acid groups (broad SMARTS) is 2. The maximum Gasteiger partial charge on any atom is 0.309 e. The van der Waals surface area contributed by atoms with Gasteiger partial charge < -0.3 is 14.9 Å². The SMILES string of the molecule is CC12CC[C@](C)(C(=O)O)CC1C1=CC(=O)C3C4(C)CC[C@H](OC(=O)CCC(=O)O)C(C)(C)C4CCC3(C)[C@]1(C)CC2. The van der Waals surface area contributed by atoms with Crippen molar-refractivity contribution in [3.63, 3.8) is 0 Å². The third-order valence-electron chi connectivity index (χ3n) is 13.8. The van der Waals surface area contributed by atoms with Gasteiger partial charge in [0.05, 0.1) is 18.3 Å². The normalized spacial score (nSPS) is 46.6. The maximum absolute atomic E-state index is 14.5. The second kappa shape index (κ2) is 9.41. The molecule has 0 spiro atoms. The number of hydrogen-bond acceptors (Lipinski definition) is 5. The van der Waals surface area contributed by atoms with Crippen LogP contribution in [-0.2, 0) is 23.9 Å². The van der Waals surface area contributed by atoms with E-state index < -0.39 is 23.3 Å². The predicted octanol–water partition coefficient (Wildman–Crippen LogP) is 6.83. The lowest BCUT2D eigenvalue weighted by Crippen LogP contribution is -2.66. The van der Waals surface area contributed by atoms with Crippen LogP contribution in [0.25, 0.3) is 0 Å². The van der Waals surface area contributed by atoms with Crippen LogP contribution >= 0.6 is 0 Å². The summed E-state index contributed by atoms with van der Waals surface area (Å²) >= 11 is 0. The molecule has 0 amide bonds. The van der Waals surface area contributed by atoms with E-state index in [1.54, 1.807) is 0 Å². The minimum absolute atomic E-state index is 0.0233. The third kappa shape index (κ3) is 4.25. The van der Waals surface area contributed by atoms with Crippen molar-refractivity contribution in [2.75, 3.05) is 0 Å². The van der Waals surface area contributed by atoms with Gasteiger partial charge in [-0.05, 0) is 104 Å².